The van der Waals surface area contributed by atoms with E-state index >= 15 is 0 Å². The highest BCUT2D eigenvalue weighted by atomic mass is 16.1. The molecule has 1 heteroatoms. The van der Waals surface area contributed by atoms with Crippen LogP contribution < -0.4 is 0 Å². The molecule has 0 N–H and O–H groups in total. The predicted octanol–water partition coefficient (Wildman–Crippen LogP) is 5.03. The van der Waals surface area contributed by atoms with Gasteiger partial charge in [-0.3, -0.25) is 0 Å². The summed E-state index contributed by atoms with van der Waals surface area (Å²) in [4.78, 5) is 11.5. The van der Waals surface area contributed by atoms with Gasteiger partial charge in [0.15, 0.2) is 0 Å². The average molecular weight is 258 g/mol. The van der Waals surface area contributed by atoms with Gasteiger partial charge in [-0.05, 0) is 37.7 Å². The molecule has 0 aliphatic heterocycles. The van der Waals surface area contributed by atoms with E-state index in [1.54, 1.807) is 6.92 Å². The van der Waals surface area contributed by atoms with E-state index < -0.39 is 0 Å². The molecule has 1 fully saturated rings. The summed E-state index contributed by atoms with van der Waals surface area (Å²) >= 11 is 0. The van der Waals surface area contributed by atoms with Gasteiger partial charge in [-0.1, -0.05) is 61.9 Å². The largest absolute Gasteiger partial charge is 0.300 e. The molecular formula is C18H26O. The molecule has 2 rings (SSSR count). The van der Waals surface area contributed by atoms with Gasteiger partial charge in [-0.2, -0.15) is 0 Å². The van der Waals surface area contributed by atoms with Gasteiger partial charge in [0.1, 0.15) is 5.78 Å². The van der Waals surface area contributed by atoms with Crippen LogP contribution in [-0.2, 0) is 4.79 Å². The number of aryl methyl sites for hydroxylation is 1. The second-order valence-electron chi connectivity index (χ2n) is 6.25. The number of rotatable bonds is 5. The Morgan fingerprint density at radius 2 is 1.79 bits per heavy atom. The van der Waals surface area contributed by atoms with Crippen LogP contribution in [0.15, 0.2) is 24.3 Å². The van der Waals surface area contributed by atoms with E-state index in [1.807, 2.05) is 0 Å². The first-order valence-electron chi connectivity index (χ1n) is 7.71. The maximum atomic E-state index is 11.5. The van der Waals surface area contributed by atoms with Crippen molar-refractivity contribution in [1.29, 1.82) is 0 Å². The van der Waals surface area contributed by atoms with E-state index in [9.17, 15) is 4.79 Å². The van der Waals surface area contributed by atoms with Crippen molar-refractivity contribution < 1.29 is 4.79 Å². The molecule has 1 aliphatic carbocycles. The van der Waals surface area contributed by atoms with Crippen molar-refractivity contribution in [3.05, 3.63) is 35.4 Å². The number of ketones is 1. The minimum atomic E-state index is 0.321. The van der Waals surface area contributed by atoms with E-state index in [-0.39, 0.29) is 0 Å². The van der Waals surface area contributed by atoms with Crippen molar-refractivity contribution in [3.63, 3.8) is 0 Å². The van der Waals surface area contributed by atoms with Gasteiger partial charge >= 0.3 is 0 Å². The summed E-state index contributed by atoms with van der Waals surface area (Å²) in [5.74, 6) is 1.59. The molecule has 0 spiro atoms. The zero-order chi connectivity index (χ0) is 13.7. The maximum Gasteiger partial charge on any atom is 0.130 e. The van der Waals surface area contributed by atoms with E-state index in [4.69, 9.17) is 0 Å². The first-order valence-corrected chi connectivity index (χ1v) is 7.71. The Kier molecular flexibility index (Phi) is 5.18. The fourth-order valence-corrected chi connectivity index (χ4v) is 3.35. The van der Waals surface area contributed by atoms with Gasteiger partial charge in [-0.15, -0.1) is 0 Å². The van der Waals surface area contributed by atoms with E-state index in [0.29, 0.717) is 18.1 Å². The minimum Gasteiger partial charge on any atom is -0.300 e. The lowest BCUT2D eigenvalue weighted by Gasteiger charge is -2.26. The molecule has 19 heavy (non-hydrogen) atoms. The quantitative estimate of drug-likeness (QED) is 0.724. The number of hydrogen-bond acceptors (Lipinski definition) is 1. The Balaban J connectivity index is 2.06. The normalized spacial score (nSPS) is 18.2. The highest BCUT2D eigenvalue weighted by Crippen LogP contribution is 2.34. The third kappa shape index (κ3) is 4.49. The molecule has 1 atom stereocenters. The van der Waals surface area contributed by atoms with Crippen LogP contribution in [0, 0.1) is 12.8 Å². The van der Waals surface area contributed by atoms with Gasteiger partial charge in [-0.25, -0.2) is 0 Å². The van der Waals surface area contributed by atoms with Crippen molar-refractivity contribution in [1.82, 2.24) is 0 Å². The second kappa shape index (κ2) is 6.88. The van der Waals surface area contributed by atoms with Crippen molar-refractivity contribution in [2.24, 2.45) is 5.92 Å². The second-order valence-corrected chi connectivity index (χ2v) is 6.25. The molecule has 1 aromatic carbocycles. The highest BCUT2D eigenvalue weighted by Gasteiger charge is 2.21. The van der Waals surface area contributed by atoms with E-state index in [0.717, 1.165) is 5.92 Å². The van der Waals surface area contributed by atoms with Crippen LogP contribution in [0.1, 0.15) is 68.9 Å². The Bertz CT molecular complexity index is 398. The Hall–Kier alpha value is -1.11. The SMILES string of the molecule is CC(=O)C[C@@H](CC1CCCCC1)c1ccc(C)cc1. The Labute approximate surface area is 117 Å². The molecule has 1 saturated carbocycles. The lowest BCUT2D eigenvalue weighted by Crippen LogP contribution is -2.13. The number of carbonyl (C=O) groups excluding carboxylic acids is 1. The van der Waals surface area contributed by atoms with Crippen LogP contribution in [0.25, 0.3) is 0 Å². The molecule has 0 heterocycles. The number of Topliss-reactive ketones (excluding diaryl/α,β-unsaturated/α-hetero) is 1. The molecule has 1 aliphatic rings. The molecular weight excluding hydrogens is 232 g/mol. The molecule has 0 bridgehead atoms. The fourth-order valence-electron chi connectivity index (χ4n) is 3.35. The molecule has 1 aromatic rings. The van der Waals surface area contributed by atoms with Gasteiger partial charge in [0.05, 0.1) is 0 Å². The molecule has 0 unspecified atom stereocenters. The Morgan fingerprint density at radius 1 is 1.16 bits per heavy atom. The lowest BCUT2D eigenvalue weighted by molar-refractivity contribution is -0.117. The highest BCUT2D eigenvalue weighted by molar-refractivity contribution is 5.76. The molecule has 0 saturated heterocycles. The van der Waals surface area contributed by atoms with Gasteiger partial charge in [0.2, 0.25) is 0 Å². The summed E-state index contributed by atoms with van der Waals surface area (Å²) in [6.45, 7) is 3.84. The zero-order valence-corrected chi connectivity index (χ0v) is 12.3. The molecule has 104 valence electrons. The van der Waals surface area contributed by atoms with Gasteiger partial charge in [0.25, 0.3) is 0 Å². The first kappa shape index (κ1) is 14.3. The summed E-state index contributed by atoms with van der Waals surface area (Å²) in [5.41, 5.74) is 2.65. The van der Waals surface area contributed by atoms with Crippen molar-refractivity contribution >= 4 is 5.78 Å². The maximum absolute atomic E-state index is 11.5. The number of hydrogen-bond donors (Lipinski definition) is 0. The van der Waals surface area contributed by atoms with Crippen LogP contribution in [0.4, 0.5) is 0 Å². The van der Waals surface area contributed by atoms with Crippen molar-refractivity contribution in [2.75, 3.05) is 0 Å². The monoisotopic (exact) mass is 258 g/mol. The van der Waals surface area contributed by atoms with Crippen molar-refractivity contribution in [2.45, 2.75) is 64.7 Å². The standard InChI is InChI=1S/C18H26O/c1-14-8-10-17(11-9-14)18(12-15(2)19)13-16-6-4-3-5-7-16/h8-11,16,18H,3-7,12-13H2,1-2H3/t18-/m0/s1. The molecule has 0 radical (unpaired) electrons. The molecule has 0 aromatic heterocycles. The van der Waals surface area contributed by atoms with Gasteiger partial charge in [0, 0.05) is 6.42 Å². The minimum absolute atomic E-state index is 0.321. The van der Waals surface area contributed by atoms with Crippen LogP contribution in [0.3, 0.4) is 0 Å². The summed E-state index contributed by atoms with van der Waals surface area (Å²) in [7, 11) is 0. The van der Waals surface area contributed by atoms with E-state index in [2.05, 4.69) is 31.2 Å². The number of benzene rings is 1. The van der Waals surface area contributed by atoms with Crippen LogP contribution in [-0.4, -0.2) is 5.78 Å². The lowest BCUT2D eigenvalue weighted by atomic mass is 9.79. The Morgan fingerprint density at radius 3 is 2.37 bits per heavy atom. The van der Waals surface area contributed by atoms with E-state index in [1.165, 1.54) is 49.7 Å². The summed E-state index contributed by atoms with van der Waals surface area (Å²) in [6, 6.07) is 8.77. The molecule has 0 amide bonds. The predicted molar refractivity (Wildman–Crippen MR) is 80.4 cm³/mol. The summed E-state index contributed by atoms with van der Waals surface area (Å²) in [5, 5.41) is 0. The number of carbonyl (C=O) groups is 1. The van der Waals surface area contributed by atoms with Crippen LogP contribution >= 0.6 is 0 Å². The fraction of sp³-hybridized carbons (Fsp3) is 0.611. The topological polar surface area (TPSA) is 17.1 Å². The third-order valence-electron chi connectivity index (χ3n) is 4.43. The van der Waals surface area contributed by atoms with Gasteiger partial charge < -0.3 is 4.79 Å². The van der Waals surface area contributed by atoms with Crippen LogP contribution in [0.2, 0.25) is 0 Å². The van der Waals surface area contributed by atoms with Crippen molar-refractivity contribution in [3.8, 4) is 0 Å². The first-order chi connectivity index (χ1) is 9.15. The summed E-state index contributed by atoms with van der Waals surface area (Å²) in [6.07, 6.45) is 8.79. The smallest absolute Gasteiger partial charge is 0.130 e. The summed E-state index contributed by atoms with van der Waals surface area (Å²) < 4.78 is 0. The zero-order valence-electron chi connectivity index (χ0n) is 12.3. The average Bonchev–Trinajstić information content (AvgIpc) is 2.39. The van der Waals surface area contributed by atoms with Crippen LogP contribution in [0.5, 0.6) is 0 Å². The third-order valence-corrected chi connectivity index (χ3v) is 4.43. The molecule has 1 nitrogen and oxygen atoms in total.